The topological polar surface area (TPSA) is 73.8 Å². The lowest BCUT2D eigenvalue weighted by Gasteiger charge is -2.37. The number of hydrogen-bond acceptors (Lipinski definition) is 7. The molecule has 3 aliphatic heterocycles. The summed E-state index contributed by atoms with van der Waals surface area (Å²) in [4.78, 5) is 14.7. The Morgan fingerprint density at radius 2 is 1.93 bits per heavy atom. The van der Waals surface area contributed by atoms with Gasteiger partial charge < -0.3 is 25.0 Å². The molecule has 0 aliphatic carbocycles. The van der Waals surface area contributed by atoms with E-state index in [9.17, 15) is 5.11 Å². The molecule has 0 unspecified atom stereocenters. The second kappa shape index (κ2) is 10.8. The smallest absolute Gasteiger partial charge is 0.318 e. The molecular weight excluding hydrogens is 498 g/mol. The van der Waals surface area contributed by atoms with Gasteiger partial charge >= 0.3 is 6.01 Å². The molecule has 3 aliphatic rings. The first-order valence-electron chi connectivity index (χ1n) is 14.6. The van der Waals surface area contributed by atoms with Crippen molar-refractivity contribution in [3.8, 4) is 11.8 Å². The predicted octanol–water partition coefficient (Wildman–Crippen LogP) is 5.77. The fourth-order valence-corrected chi connectivity index (χ4v) is 6.62. The van der Waals surface area contributed by atoms with E-state index in [-0.39, 0.29) is 11.3 Å². The van der Waals surface area contributed by atoms with Crippen molar-refractivity contribution in [2.45, 2.75) is 64.1 Å². The Morgan fingerprint density at radius 1 is 1.12 bits per heavy atom. The number of nitrogens with one attached hydrogen (secondary N) is 1. The number of hydrogen-bond donors (Lipinski definition) is 2. The highest BCUT2D eigenvalue weighted by molar-refractivity contribution is 5.95. The van der Waals surface area contributed by atoms with Crippen LogP contribution in [-0.2, 0) is 13.0 Å². The van der Waals surface area contributed by atoms with Crippen molar-refractivity contribution in [1.82, 2.24) is 15.3 Å². The van der Waals surface area contributed by atoms with Crippen LogP contribution in [0.3, 0.4) is 0 Å². The zero-order valence-electron chi connectivity index (χ0n) is 23.8. The molecule has 2 aromatic carbocycles. The summed E-state index contributed by atoms with van der Waals surface area (Å²) >= 11 is 0. The number of allylic oxidation sites excluding steroid dienone is 2. The lowest BCUT2D eigenvalue weighted by atomic mass is 9.89. The van der Waals surface area contributed by atoms with Crippen LogP contribution in [0.4, 0.5) is 11.5 Å². The molecule has 7 heteroatoms. The van der Waals surface area contributed by atoms with Crippen molar-refractivity contribution in [2.75, 3.05) is 36.0 Å². The van der Waals surface area contributed by atoms with E-state index in [2.05, 4.69) is 54.3 Å². The number of anilines is 2. The highest BCUT2D eigenvalue weighted by Gasteiger charge is 2.32. The van der Waals surface area contributed by atoms with Crippen molar-refractivity contribution in [3.05, 3.63) is 72.5 Å². The van der Waals surface area contributed by atoms with Gasteiger partial charge in [-0.2, -0.15) is 9.97 Å². The summed E-state index contributed by atoms with van der Waals surface area (Å²) in [6.07, 6.45) is 7.05. The van der Waals surface area contributed by atoms with Crippen molar-refractivity contribution in [3.63, 3.8) is 0 Å². The second-order valence-electron chi connectivity index (χ2n) is 12.2. The predicted molar refractivity (Wildman–Crippen MR) is 162 cm³/mol. The molecule has 1 atom stereocenters. The summed E-state index contributed by atoms with van der Waals surface area (Å²) in [6.45, 7) is 16.5. The van der Waals surface area contributed by atoms with Gasteiger partial charge in [0.15, 0.2) is 0 Å². The van der Waals surface area contributed by atoms with Gasteiger partial charge in [-0.3, -0.25) is 0 Å². The quantitative estimate of drug-likeness (QED) is 0.370. The molecule has 0 radical (unpaired) electrons. The number of aromatic nitrogens is 2. The second-order valence-corrected chi connectivity index (χ2v) is 12.2. The number of ether oxygens (including phenoxy) is 1. The molecule has 40 heavy (non-hydrogen) atoms. The lowest BCUT2D eigenvalue weighted by molar-refractivity contribution is 0.246. The third kappa shape index (κ3) is 5.39. The van der Waals surface area contributed by atoms with Crippen molar-refractivity contribution in [2.24, 2.45) is 5.92 Å². The van der Waals surface area contributed by atoms with Gasteiger partial charge in [-0.1, -0.05) is 49.1 Å². The van der Waals surface area contributed by atoms with Gasteiger partial charge in [0.2, 0.25) is 0 Å². The van der Waals surface area contributed by atoms with Gasteiger partial charge in [-0.05, 0) is 63.3 Å². The average Bonchev–Trinajstić information content (AvgIpc) is 3.32. The summed E-state index contributed by atoms with van der Waals surface area (Å²) in [6, 6.07) is 12.7. The van der Waals surface area contributed by atoms with Gasteiger partial charge in [0.25, 0.3) is 0 Å². The molecule has 1 aromatic heterocycles. The SMILES string of the molecule is C=CC(=C)C1CCN(c2nc(OC[C@H]3CCC(C)(C)N3)nc3c2CCN(c2cc(O)cc4ccccc24)C3)CC1. The van der Waals surface area contributed by atoms with E-state index < -0.39 is 0 Å². The Kier molecular flexibility index (Phi) is 7.17. The van der Waals surface area contributed by atoms with Crippen LogP contribution in [0.5, 0.6) is 11.8 Å². The van der Waals surface area contributed by atoms with E-state index >= 15 is 0 Å². The molecule has 2 N–H and O–H groups in total. The number of fused-ring (bicyclic) bond motifs is 2. The average molecular weight is 540 g/mol. The van der Waals surface area contributed by atoms with E-state index in [0.29, 0.717) is 31.1 Å². The number of benzene rings is 2. The van der Waals surface area contributed by atoms with Crippen molar-refractivity contribution < 1.29 is 9.84 Å². The van der Waals surface area contributed by atoms with Crippen LogP contribution in [0, 0.1) is 5.92 Å². The summed E-state index contributed by atoms with van der Waals surface area (Å²) in [7, 11) is 0. The van der Waals surface area contributed by atoms with Crippen LogP contribution in [0.2, 0.25) is 0 Å². The number of phenols is 1. The molecule has 2 saturated heterocycles. The standard InChI is InChI=1S/C33H41N5O2/c1-5-22(2)23-11-15-37(16-12-23)31-28-13-17-38(30-19-26(39)18-24-8-6-7-9-27(24)30)20-29(28)34-32(35-31)40-21-25-10-14-33(3,4)36-25/h5-9,18-19,23,25,36,39H,1-2,10-17,20-21H2,3-4H3/t25-/m1/s1. The first-order valence-corrected chi connectivity index (χ1v) is 14.6. The van der Waals surface area contributed by atoms with E-state index in [1.165, 1.54) is 5.56 Å². The number of aromatic hydroxyl groups is 1. The van der Waals surface area contributed by atoms with Crippen LogP contribution >= 0.6 is 0 Å². The zero-order valence-corrected chi connectivity index (χ0v) is 23.8. The number of piperidine rings is 1. The van der Waals surface area contributed by atoms with Crippen LogP contribution in [-0.4, -0.2) is 52.9 Å². The zero-order chi connectivity index (χ0) is 27.9. The first-order chi connectivity index (χ1) is 19.3. The van der Waals surface area contributed by atoms with Crippen LogP contribution in [0.1, 0.15) is 50.8 Å². The monoisotopic (exact) mass is 539 g/mol. The van der Waals surface area contributed by atoms with Gasteiger partial charge in [0, 0.05) is 53.9 Å². The molecular formula is C33H41N5O2. The van der Waals surface area contributed by atoms with E-state index in [1.54, 1.807) is 0 Å². The lowest BCUT2D eigenvalue weighted by Crippen LogP contribution is -2.40. The molecule has 2 fully saturated rings. The Balaban J connectivity index is 1.30. The minimum absolute atomic E-state index is 0.139. The number of nitrogens with zero attached hydrogens (tertiary/aromatic N) is 4. The molecule has 6 rings (SSSR count). The highest BCUT2D eigenvalue weighted by atomic mass is 16.5. The molecule has 4 heterocycles. The molecule has 0 bridgehead atoms. The fourth-order valence-electron chi connectivity index (χ4n) is 6.62. The Hall–Kier alpha value is -3.58. The maximum Gasteiger partial charge on any atom is 0.318 e. The minimum Gasteiger partial charge on any atom is -0.508 e. The van der Waals surface area contributed by atoms with E-state index in [1.807, 2.05) is 30.3 Å². The molecule has 0 spiro atoms. The summed E-state index contributed by atoms with van der Waals surface area (Å²) < 4.78 is 6.29. The fraction of sp³-hybridized carbons (Fsp3) is 0.455. The summed E-state index contributed by atoms with van der Waals surface area (Å²) in [5, 5.41) is 16.3. The van der Waals surface area contributed by atoms with Crippen molar-refractivity contribution in [1.29, 1.82) is 0 Å². The first kappa shape index (κ1) is 26.6. The summed E-state index contributed by atoms with van der Waals surface area (Å²) in [5.74, 6) is 1.78. The van der Waals surface area contributed by atoms with E-state index in [0.717, 1.165) is 85.3 Å². The van der Waals surface area contributed by atoms with Gasteiger partial charge in [0.1, 0.15) is 18.2 Å². The molecule has 3 aromatic rings. The van der Waals surface area contributed by atoms with Gasteiger partial charge in [-0.15, -0.1) is 0 Å². The van der Waals surface area contributed by atoms with Crippen LogP contribution < -0.4 is 19.9 Å². The van der Waals surface area contributed by atoms with Crippen LogP contribution in [0.25, 0.3) is 10.8 Å². The van der Waals surface area contributed by atoms with Crippen LogP contribution in [0.15, 0.2) is 61.2 Å². The molecule has 0 saturated carbocycles. The number of phenolic OH excluding ortho intramolecular Hbond substituents is 1. The Labute approximate surface area is 237 Å². The third-order valence-corrected chi connectivity index (χ3v) is 8.90. The highest BCUT2D eigenvalue weighted by Crippen LogP contribution is 2.37. The largest absolute Gasteiger partial charge is 0.508 e. The maximum absolute atomic E-state index is 10.5. The Bertz CT molecular complexity index is 1430. The molecule has 0 amide bonds. The maximum atomic E-state index is 10.5. The van der Waals surface area contributed by atoms with E-state index in [4.69, 9.17) is 14.7 Å². The van der Waals surface area contributed by atoms with Crippen molar-refractivity contribution >= 4 is 22.3 Å². The van der Waals surface area contributed by atoms with Gasteiger partial charge in [0.05, 0.1) is 12.2 Å². The summed E-state index contributed by atoms with van der Waals surface area (Å²) in [5.41, 5.74) is 4.53. The normalized spacial score (nSPS) is 20.9. The minimum atomic E-state index is 0.139. The number of rotatable bonds is 7. The third-order valence-electron chi connectivity index (χ3n) is 8.90. The molecule has 7 nitrogen and oxygen atoms in total. The van der Waals surface area contributed by atoms with Gasteiger partial charge in [-0.25, -0.2) is 0 Å². The molecule has 210 valence electrons. The Morgan fingerprint density at radius 3 is 2.67 bits per heavy atom.